The van der Waals surface area contributed by atoms with Gasteiger partial charge in [-0.25, -0.2) is 0 Å². The van der Waals surface area contributed by atoms with E-state index in [4.69, 9.17) is 0 Å². The third kappa shape index (κ3) is 154. The largest absolute Gasteiger partial charge is 0.790 e. The maximum atomic E-state index is 9.48. The van der Waals surface area contributed by atoms with E-state index in [-0.39, 0.29) is 21.1 Å². The van der Waals surface area contributed by atoms with Crippen molar-refractivity contribution in [3.05, 3.63) is 0 Å². The van der Waals surface area contributed by atoms with Crippen LogP contribution in [0, 0.1) is 0 Å². The van der Waals surface area contributed by atoms with E-state index >= 15 is 0 Å². The standard InChI is InChI=1S/2C4H12P.C2H7O4P/c2*1-5(2,3)4;1-2-6-7(3,4)5/h2*1-4H3;2H2,1H3,(H2,3,4,5)/q2*+1;/p-2. The summed E-state index contributed by atoms with van der Waals surface area (Å²) in [6.07, 6.45) is 0. The summed E-state index contributed by atoms with van der Waals surface area (Å²) in [5, 5.41) is 0. The second kappa shape index (κ2) is 9.84. The molecule has 0 amide bonds. The lowest BCUT2D eigenvalue weighted by atomic mass is 10.9. The first-order chi connectivity index (χ1) is 7.06. The summed E-state index contributed by atoms with van der Waals surface area (Å²) in [5.41, 5.74) is 0. The Morgan fingerprint density at radius 3 is 1.06 bits per heavy atom. The molecule has 0 fully saturated rings. The SMILES string of the molecule is CCOP(=O)([O-])[O-].C[P+](C)(C)C.C[P+](C)(C)C. The molecule has 17 heavy (non-hydrogen) atoms. The zero-order valence-electron chi connectivity index (χ0n) is 12.7. The second-order valence-electron chi connectivity index (χ2n) is 6.23. The third-order valence-electron chi connectivity index (χ3n) is 0.287. The lowest BCUT2D eigenvalue weighted by Crippen LogP contribution is -2.15. The van der Waals surface area contributed by atoms with E-state index in [2.05, 4.69) is 57.8 Å². The molecule has 0 heterocycles. The van der Waals surface area contributed by atoms with Crippen molar-refractivity contribution in [2.24, 2.45) is 0 Å². The fourth-order valence-corrected chi connectivity index (χ4v) is 0.474. The topological polar surface area (TPSA) is 72.4 Å². The average Bonchev–Trinajstić information content (AvgIpc) is 1.73. The van der Waals surface area contributed by atoms with Crippen LogP contribution < -0.4 is 9.79 Å². The van der Waals surface area contributed by atoms with Gasteiger partial charge in [-0.15, -0.1) is 0 Å². The summed E-state index contributed by atoms with van der Waals surface area (Å²) < 4.78 is 13.2. The van der Waals surface area contributed by atoms with Crippen LogP contribution in [-0.4, -0.2) is 59.9 Å². The molecule has 0 radical (unpaired) electrons. The van der Waals surface area contributed by atoms with E-state index in [9.17, 15) is 14.4 Å². The minimum Gasteiger partial charge on any atom is -0.790 e. The molecule has 0 unspecified atom stereocenters. The van der Waals surface area contributed by atoms with Crippen molar-refractivity contribution in [3.63, 3.8) is 0 Å². The maximum absolute atomic E-state index is 9.48. The summed E-state index contributed by atoms with van der Waals surface area (Å²) in [5.74, 6) is 0. The number of hydrogen-bond donors (Lipinski definition) is 0. The van der Waals surface area contributed by atoms with Crippen LogP contribution >= 0.6 is 22.3 Å². The maximum Gasteiger partial charge on any atom is 0.0596 e. The highest BCUT2D eigenvalue weighted by atomic mass is 31.2. The molecule has 0 saturated heterocycles. The first-order valence-electron chi connectivity index (χ1n) is 5.30. The van der Waals surface area contributed by atoms with Crippen molar-refractivity contribution in [2.75, 3.05) is 59.9 Å². The van der Waals surface area contributed by atoms with E-state index in [0.717, 1.165) is 0 Å². The van der Waals surface area contributed by atoms with Gasteiger partial charge < -0.3 is 18.9 Å². The molecule has 0 aromatic heterocycles. The van der Waals surface area contributed by atoms with Crippen LogP contribution in [0.15, 0.2) is 0 Å². The quantitative estimate of drug-likeness (QED) is 0.730. The van der Waals surface area contributed by atoms with Gasteiger partial charge in [-0.2, -0.15) is 0 Å². The summed E-state index contributed by atoms with van der Waals surface area (Å²) in [6.45, 7) is 19.7. The van der Waals surface area contributed by atoms with Crippen molar-refractivity contribution in [1.29, 1.82) is 0 Å². The molecule has 0 aliphatic carbocycles. The van der Waals surface area contributed by atoms with Crippen molar-refractivity contribution in [3.8, 4) is 0 Å². The highest BCUT2D eigenvalue weighted by molar-refractivity contribution is 7.73. The molecular formula is C10H29O4P3. The molecule has 4 nitrogen and oxygen atoms in total. The average molecular weight is 306 g/mol. The Kier molecular flexibility index (Phi) is 13.4. The van der Waals surface area contributed by atoms with Gasteiger partial charge in [-0.1, -0.05) is 0 Å². The molecule has 7 heteroatoms. The van der Waals surface area contributed by atoms with Crippen LogP contribution in [0.1, 0.15) is 6.92 Å². The minimum absolute atomic E-state index is 0.0791. The minimum atomic E-state index is -4.67. The molecule has 0 spiro atoms. The molecular weight excluding hydrogens is 277 g/mol. The van der Waals surface area contributed by atoms with E-state index in [0.29, 0.717) is 0 Å². The van der Waals surface area contributed by atoms with Crippen molar-refractivity contribution >= 4 is 22.3 Å². The monoisotopic (exact) mass is 306 g/mol. The number of rotatable bonds is 2. The zero-order valence-corrected chi connectivity index (χ0v) is 15.4. The van der Waals surface area contributed by atoms with Gasteiger partial charge in [0.2, 0.25) is 0 Å². The normalized spacial score (nSPS) is 11.9. The van der Waals surface area contributed by atoms with Crippen LogP contribution in [-0.2, 0) is 9.09 Å². The Bertz CT molecular complexity index is 189. The summed E-state index contributed by atoms with van der Waals surface area (Å²) in [7, 11) is -5.44. The van der Waals surface area contributed by atoms with Gasteiger partial charge in [0.05, 0.1) is 7.82 Å². The number of phosphoric ester groups is 1. The van der Waals surface area contributed by atoms with Crippen molar-refractivity contribution < 1.29 is 18.9 Å². The van der Waals surface area contributed by atoms with Crippen LogP contribution in [0.3, 0.4) is 0 Å². The molecule has 108 valence electrons. The third-order valence-corrected chi connectivity index (χ3v) is 0.862. The zero-order chi connectivity index (χ0) is 14.9. The molecule has 0 aliphatic rings. The van der Waals surface area contributed by atoms with Gasteiger partial charge in [-0.05, 0) is 6.92 Å². The molecule has 0 aromatic carbocycles. The van der Waals surface area contributed by atoms with Crippen molar-refractivity contribution in [2.45, 2.75) is 6.92 Å². The van der Waals surface area contributed by atoms with Crippen molar-refractivity contribution in [1.82, 2.24) is 0 Å². The van der Waals surface area contributed by atoms with E-state index in [1.165, 1.54) is 6.92 Å². The number of phosphoric acid groups is 1. The van der Waals surface area contributed by atoms with Gasteiger partial charge >= 0.3 is 0 Å². The second-order valence-corrected chi connectivity index (χ2v) is 18.1. The van der Waals surface area contributed by atoms with E-state index in [1.54, 1.807) is 0 Å². The predicted octanol–water partition coefficient (Wildman–Crippen LogP) is 1.90. The fourth-order valence-electron chi connectivity index (χ4n) is 0.158. The highest BCUT2D eigenvalue weighted by Gasteiger charge is 2.03. The van der Waals surface area contributed by atoms with Crippen LogP contribution in [0.5, 0.6) is 0 Å². The molecule has 0 aliphatic heterocycles. The van der Waals surface area contributed by atoms with Crippen LogP contribution in [0.2, 0.25) is 0 Å². The molecule has 0 saturated carbocycles. The Balaban J connectivity index is -0.000000177. The first-order valence-corrected chi connectivity index (χ1v) is 13.9. The van der Waals surface area contributed by atoms with E-state index in [1.807, 2.05) is 0 Å². The van der Waals surface area contributed by atoms with Gasteiger partial charge in [0.25, 0.3) is 0 Å². The molecule has 0 aromatic rings. The summed E-state index contributed by atoms with van der Waals surface area (Å²) in [6, 6.07) is 0. The number of hydrogen-bond acceptors (Lipinski definition) is 4. The lowest BCUT2D eigenvalue weighted by Gasteiger charge is -2.27. The summed E-state index contributed by atoms with van der Waals surface area (Å²) >= 11 is 0. The highest BCUT2D eigenvalue weighted by Crippen LogP contribution is 2.40. The summed E-state index contributed by atoms with van der Waals surface area (Å²) in [4.78, 5) is 19.0. The molecule has 0 atom stereocenters. The lowest BCUT2D eigenvalue weighted by molar-refractivity contribution is -0.341. The van der Waals surface area contributed by atoms with Gasteiger partial charge in [0.1, 0.15) is 0 Å². The Morgan fingerprint density at radius 2 is 1.06 bits per heavy atom. The smallest absolute Gasteiger partial charge is 0.0596 e. The van der Waals surface area contributed by atoms with E-state index < -0.39 is 7.82 Å². The molecule has 0 N–H and O–H groups in total. The molecule has 0 bridgehead atoms. The Labute approximate surface area is 108 Å². The van der Waals surface area contributed by atoms with Crippen LogP contribution in [0.4, 0.5) is 0 Å². The van der Waals surface area contributed by atoms with Gasteiger partial charge in [0, 0.05) is 74.5 Å². The first kappa shape index (κ1) is 23.1. The van der Waals surface area contributed by atoms with Gasteiger partial charge in [0.15, 0.2) is 0 Å². The van der Waals surface area contributed by atoms with Gasteiger partial charge in [-0.3, -0.25) is 0 Å². The Hall–Kier alpha value is 0.970. The predicted molar refractivity (Wildman–Crippen MR) is 80.5 cm³/mol. The van der Waals surface area contributed by atoms with Crippen LogP contribution in [0.25, 0.3) is 0 Å². The Morgan fingerprint density at radius 1 is 0.882 bits per heavy atom. The fraction of sp³-hybridized carbons (Fsp3) is 1.00. The molecule has 0 rings (SSSR count).